The molecule has 0 fully saturated rings. The van der Waals surface area contributed by atoms with Crippen molar-refractivity contribution in [3.8, 4) is 5.88 Å². The Bertz CT molecular complexity index is 473. The molecule has 1 heterocycles. The van der Waals surface area contributed by atoms with Crippen LogP contribution in [0, 0.1) is 0 Å². The number of ether oxygens (including phenoxy) is 1. The molecule has 106 valence electrons. The first kappa shape index (κ1) is 15.5. The number of rotatable bonds is 4. The van der Waals surface area contributed by atoms with Crippen LogP contribution in [-0.2, 0) is 5.41 Å². The lowest BCUT2D eigenvalue weighted by atomic mass is 9.91. The molecule has 4 heteroatoms. The van der Waals surface area contributed by atoms with Gasteiger partial charge in [0.15, 0.2) is 0 Å². The Morgan fingerprint density at radius 3 is 2.26 bits per heavy atom. The number of hydrogen-bond acceptors (Lipinski definition) is 3. The smallest absolute Gasteiger partial charge is 0.335 e. The Morgan fingerprint density at radius 1 is 1.26 bits per heavy atom. The van der Waals surface area contributed by atoms with Gasteiger partial charge in [-0.05, 0) is 26.3 Å². The van der Waals surface area contributed by atoms with Crippen LogP contribution >= 0.6 is 0 Å². The van der Waals surface area contributed by atoms with Crippen LogP contribution in [0.3, 0.4) is 0 Å². The van der Waals surface area contributed by atoms with E-state index in [2.05, 4.69) is 4.98 Å². The number of nitrogens with zero attached hydrogens (tertiary/aromatic N) is 1. The summed E-state index contributed by atoms with van der Waals surface area (Å²) >= 11 is 0. The molecular weight excluding hydrogens is 242 g/mol. The maximum Gasteiger partial charge on any atom is 0.335 e. The molecule has 1 rings (SSSR count). The zero-order chi connectivity index (χ0) is 14.8. The van der Waals surface area contributed by atoms with Gasteiger partial charge in [-0.2, -0.15) is 0 Å². The molecule has 0 atom stereocenters. The van der Waals surface area contributed by atoms with E-state index in [0.29, 0.717) is 11.6 Å². The molecule has 1 aromatic rings. The molecule has 0 saturated heterocycles. The summed E-state index contributed by atoms with van der Waals surface area (Å²) in [6, 6.07) is 3.09. The van der Waals surface area contributed by atoms with Gasteiger partial charge in [0.2, 0.25) is 5.88 Å². The Labute approximate surface area is 114 Å². The lowest BCUT2D eigenvalue weighted by Gasteiger charge is -2.26. The van der Waals surface area contributed by atoms with E-state index in [1.54, 1.807) is 6.07 Å². The minimum Gasteiger partial charge on any atom is -0.478 e. The van der Waals surface area contributed by atoms with Gasteiger partial charge in [-0.15, -0.1) is 0 Å². The van der Waals surface area contributed by atoms with Gasteiger partial charge in [-0.1, -0.05) is 27.7 Å². The molecule has 0 spiro atoms. The third kappa shape index (κ3) is 4.23. The molecule has 0 radical (unpaired) electrons. The average Bonchev–Trinajstić information content (AvgIpc) is 2.26. The number of aromatic nitrogens is 1. The highest BCUT2D eigenvalue weighted by molar-refractivity contribution is 5.88. The maximum absolute atomic E-state index is 11.2. The zero-order valence-electron chi connectivity index (χ0n) is 12.6. The molecule has 19 heavy (non-hydrogen) atoms. The molecule has 0 aromatic carbocycles. The van der Waals surface area contributed by atoms with Gasteiger partial charge in [0.25, 0.3) is 0 Å². The molecular formula is C15H23NO3. The lowest BCUT2D eigenvalue weighted by molar-refractivity contribution is 0.0691. The van der Waals surface area contributed by atoms with Gasteiger partial charge in [-0.3, -0.25) is 0 Å². The summed E-state index contributed by atoms with van der Waals surface area (Å²) in [6.07, 6.45) is 0.816. The van der Waals surface area contributed by atoms with Crippen molar-refractivity contribution in [1.82, 2.24) is 4.98 Å². The first-order valence-electron chi connectivity index (χ1n) is 6.50. The third-order valence-electron chi connectivity index (χ3n) is 3.05. The van der Waals surface area contributed by atoms with Gasteiger partial charge in [0, 0.05) is 11.5 Å². The Balaban J connectivity index is 3.25. The second-order valence-corrected chi connectivity index (χ2v) is 6.35. The van der Waals surface area contributed by atoms with Crippen LogP contribution in [-0.4, -0.2) is 21.7 Å². The quantitative estimate of drug-likeness (QED) is 0.902. The predicted molar refractivity (Wildman–Crippen MR) is 74.9 cm³/mol. The minimum atomic E-state index is -0.966. The normalized spacial score (nSPS) is 12.3. The Hall–Kier alpha value is -1.58. The zero-order valence-corrected chi connectivity index (χ0v) is 12.6. The van der Waals surface area contributed by atoms with E-state index in [1.165, 1.54) is 6.07 Å². The summed E-state index contributed by atoms with van der Waals surface area (Å²) in [6.45, 7) is 11.9. The van der Waals surface area contributed by atoms with Gasteiger partial charge in [-0.25, -0.2) is 9.78 Å². The summed E-state index contributed by atoms with van der Waals surface area (Å²) < 4.78 is 5.80. The van der Waals surface area contributed by atoms with Gasteiger partial charge >= 0.3 is 5.97 Å². The van der Waals surface area contributed by atoms with Crippen LogP contribution in [0.4, 0.5) is 0 Å². The number of hydrogen-bond donors (Lipinski definition) is 1. The highest BCUT2D eigenvalue weighted by Gasteiger charge is 2.23. The van der Waals surface area contributed by atoms with E-state index in [9.17, 15) is 9.90 Å². The summed E-state index contributed by atoms with van der Waals surface area (Å²) in [7, 11) is 0. The highest BCUT2D eigenvalue weighted by atomic mass is 16.5. The molecule has 0 aliphatic carbocycles. The minimum absolute atomic E-state index is 0.210. The molecule has 1 N–H and O–H groups in total. The molecule has 0 unspecified atom stereocenters. The topological polar surface area (TPSA) is 59.4 Å². The second-order valence-electron chi connectivity index (χ2n) is 6.35. The number of pyridine rings is 1. The SMILES string of the molecule is CCC(C)(C)Oc1cc(C(=O)O)cc(C(C)(C)C)n1. The fourth-order valence-electron chi connectivity index (χ4n) is 1.42. The fraction of sp³-hybridized carbons (Fsp3) is 0.600. The first-order chi connectivity index (χ1) is 8.55. The van der Waals surface area contributed by atoms with Crippen LogP contribution < -0.4 is 4.74 Å². The molecule has 1 aromatic heterocycles. The monoisotopic (exact) mass is 265 g/mol. The standard InChI is InChI=1S/C15H23NO3/c1-7-15(5,6)19-12-9-10(13(17)18)8-11(16-12)14(2,3)4/h8-9H,7H2,1-6H3,(H,17,18). The largest absolute Gasteiger partial charge is 0.478 e. The average molecular weight is 265 g/mol. The molecule has 0 bridgehead atoms. The van der Waals surface area contributed by atoms with Crippen LogP contribution in [0.25, 0.3) is 0 Å². The van der Waals surface area contributed by atoms with Crippen molar-refractivity contribution < 1.29 is 14.6 Å². The van der Waals surface area contributed by atoms with Crippen molar-refractivity contribution in [3.63, 3.8) is 0 Å². The number of carboxylic acids is 1. The van der Waals surface area contributed by atoms with Crippen LogP contribution in [0.2, 0.25) is 0 Å². The Morgan fingerprint density at radius 2 is 1.84 bits per heavy atom. The van der Waals surface area contributed by atoms with E-state index < -0.39 is 5.97 Å². The van der Waals surface area contributed by atoms with Gasteiger partial charge in [0.05, 0.1) is 11.3 Å². The molecule has 0 amide bonds. The fourth-order valence-corrected chi connectivity index (χ4v) is 1.42. The number of carboxylic acid groups (broad SMARTS) is 1. The maximum atomic E-state index is 11.2. The van der Waals surface area contributed by atoms with Crippen LogP contribution in [0.1, 0.15) is 64.0 Å². The lowest BCUT2D eigenvalue weighted by Crippen LogP contribution is -2.28. The van der Waals surface area contributed by atoms with Crippen molar-refractivity contribution in [1.29, 1.82) is 0 Å². The number of carbonyl (C=O) groups is 1. The number of aromatic carboxylic acids is 1. The summed E-state index contributed by atoms with van der Waals surface area (Å²) in [5.74, 6) is -0.594. The van der Waals surface area contributed by atoms with Gasteiger partial charge < -0.3 is 9.84 Å². The van der Waals surface area contributed by atoms with Crippen molar-refractivity contribution >= 4 is 5.97 Å². The van der Waals surface area contributed by atoms with E-state index >= 15 is 0 Å². The summed E-state index contributed by atoms with van der Waals surface area (Å²) in [5.41, 5.74) is 0.343. The van der Waals surface area contributed by atoms with E-state index in [1.807, 2.05) is 41.5 Å². The first-order valence-corrected chi connectivity index (χ1v) is 6.50. The molecule has 4 nitrogen and oxygen atoms in total. The third-order valence-corrected chi connectivity index (χ3v) is 3.05. The van der Waals surface area contributed by atoms with E-state index in [4.69, 9.17) is 4.74 Å². The molecule has 0 saturated carbocycles. The molecule has 0 aliphatic heterocycles. The van der Waals surface area contributed by atoms with Crippen molar-refractivity contribution in [3.05, 3.63) is 23.4 Å². The Kier molecular flexibility index (Phi) is 4.23. The highest BCUT2D eigenvalue weighted by Crippen LogP contribution is 2.26. The summed E-state index contributed by atoms with van der Waals surface area (Å²) in [5, 5.41) is 9.17. The van der Waals surface area contributed by atoms with Crippen molar-refractivity contribution in [2.24, 2.45) is 0 Å². The van der Waals surface area contributed by atoms with Crippen LogP contribution in [0.15, 0.2) is 12.1 Å². The van der Waals surface area contributed by atoms with Crippen molar-refractivity contribution in [2.75, 3.05) is 0 Å². The second kappa shape index (κ2) is 5.19. The van der Waals surface area contributed by atoms with E-state index in [-0.39, 0.29) is 16.6 Å². The molecule has 0 aliphatic rings. The van der Waals surface area contributed by atoms with Crippen LogP contribution in [0.5, 0.6) is 5.88 Å². The van der Waals surface area contributed by atoms with Crippen molar-refractivity contribution in [2.45, 2.75) is 59.0 Å². The summed E-state index contributed by atoms with van der Waals surface area (Å²) in [4.78, 5) is 15.6. The predicted octanol–water partition coefficient (Wildman–Crippen LogP) is 3.64. The van der Waals surface area contributed by atoms with Gasteiger partial charge in [0.1, 0.15) is 5.60 Å². The van der Waals surface area contributed by atoms with E-state index in [0.717, 1.165) is 6.42 Å².